The van der Waals surface area contributed by atoms with Crippen molar-refractivity contribution in [3.05, 3.63) is 170 Å². The third-order valence-corrected chi connectivity index (χ3v) is 9.46. The minimum atomic E-state index is 0.599. The molecule has 0 amide bonds. The second-order valence-corrected chi connectivity index (χ2v) is 12.4. The highest BCUT2D eigenvalue weighted by molar-refractivity contribution is 6.16. The van der Waals surface area contributed by atoms with Crippen molar-refractivity contribution in [2.24, 2.45) is 0 Å². The minimum absolute atomic E-state index is 0.599. The van der Waals surface area contributed by atoms with Crippen LogP contribution in [0.1, 0.15) is 0 Å². The number of furan rings is 1. The minimum Gasteiger partial charge on any atom is -0.454 e. The van der Waals surface area contributed by atoms with E-state index in [1.54, 1.807) is 0 Å². The third kappa shape index (κ3) is 4.52. The first kappa shape index (κ1) is 28.2. The number of benzene rings is 7. The lowest BCUT2D eigenvalue weighted by atomic mass is 10.0. The molecule has 7 aromatic carbocycles. The van der Waals surface area contributed by atoms with Gasteiger partial charge in [-0.3, -0.25) is 0 Å². The largest absolute Gasteiger partial charge is 0.454 e. The summed E-state index contributed by atoms with van der Waals surface area (Å²) in [4.78, 5) is 15.0. The molecule has 0 aliphatic carbocycles. The molecule has 0 saturated carbocycles. The molecule has 0 fully saturated rings. The quantitative estimate of drug-likeness (QED) is 0.188. The number of nitrogens with zero attached hydrogens (tertiary/aromatic N) is 4. The van der Waals surface area contributed by atoms with Crippen molar-refractivity contribution in [2.75, 3.05) is 0 Å². The van der Waals surface area contributed by atoms with Crippen molar-refractivity contribution >= 4 is 43.7 Å². The molecule has 50 heavy (non-hydrogen) atoms. The molecule has 5 heteroatoms. The number of aromatic nitrogens is 4. The standard InChI is InChI=1S/C45H28N4O/c1-4-14-29(15-5-1)32-26-27-38-36(28-32)33-20-10-11-23-37(33)49(38)39-24-12-21-34-41-35(22-13-25-40(41)50-42(34)39)45-47-43(30-16-6-2-7-17-30)46-44(48-45)31-18-8-3-9-19-31/h1-28H. The van der Waals surface area contributed by atoms with Crippen molar-refractivity contribution in [2.45, 2.75) is 0 Å². The van der Waals surface area contributed by atoms with Crippen molar-refractivity contribution < 1.29 is 4.42 Å². The summed E-state index contributed by atoms with van der Waals surface area (Å²) in [5.41, 5.74) is 9.96. The molecule has 3 heterocycles. The molecule has 0 radical (unpaired) electrons. The Morgan fingerprint density at radius 3 is 1.70 bits per heavy atom. The van der Waals surface area contributed by atoms with Gasteiger partial charge in [-0.25, -0.2) is 15.0 Å². The number of fused-ring (bicyclic) bond motifs is 6. The van der Waals surface area contributed by atoms with E-state index in [4.69, 9.17) is 19.4 Å². The number of rotatable bonds is 5. The monoisotopic (exact) mass is 640 g/mol. The molecule has 3 aromatic heterocycles. The fraction of sp³-hybridized carbons (Fsp3) is 0. The van der Waals surface area contributed by atoms with Gasteiger partial charge in [0.1, 0.15) is 5.58 Å². The van der Waals surface area contributed by atoms with Gasteiger partial charge in [-0.2, -0.15) is 0 Å². The van der Waals surface area contributed by atoms with Crippen LogP contribution >= 0.6 is 0 Å². The fourth-order valence-corrected chi connectivity index (χ4v) is 7.17. The Bertz CT molecular complexity index is 2800. The highest BCUT2D eigenvalue weighted by Crippen LogP contribution is 2.41. The molecule has 10 rings (SSSR count). The van der Waals surface area contributed by atoms with Gasteiger partial charge in [0.15, 0.2) is 23.1 Å². The fourth-order valence-electron chi connectivity index (χ4n) is 7.17. The second-order valence-electron chi connectivity index (χ2n) is 12.4. The summed E-state index contributed by atoms with van der Waals surface area (Å²) in [5, 5.41) is 4.37. The molecule has 0 aliphatic heterocycles. The highest BCUT2D eigenvalue weighted by Gasteiger charge is 2.21. The van der Waals surface area contributed by atoms with Gasteiger partial charge in [0.2, 0.25) is 0 Å². The summed E-state index contributed by atoms with van der Waals surface area (Å²) in [6, 6.07) is 58.5. The van der Waals surface area contributed by atoms with E-state index in [0.29, 0.717) is 17.5 Å². The van der Waals surface area contributed by atoms with Gasteiger partial charge in [0.05, 0.1) is 16.7 Å². The smallest absolute Gasteiger partial charge is 0.164 e. The van der Waals surface area contributed by atoms with E-state index < -0.39 is 0 Å². The second kappa shape index (κ2) is 11.4. The number of hydrogen-bond acceptors (Lipinski definition) is 4. The molecule has 0 unspecified atom stereocenters. The SMILES string of the molecule is c1ccc(-c2ccc3c(c2)c2ccccc2n3-c2cccc3c2oc2cccc(-c4nc(-c5ccccc5)nc(-c5ccccc5)n4)c23)cc1. The summed E-state index contributed by atoms with van der Waals surface area (Å²) in [5.74, 6) is 1.85. The molecule has 234 valence electrons. The van der Waals surface area contributed by atoms with Crippen molar-refractivity contribution in [1.82, 2.24) is 19.5 Å². The van der Waals surface area contributed by atoms with E-state index in [1.165, 1.54) is 21.9 Å². The van der Waals surface area contributed by atoms with Gasteiger partial charge in [-0.05, 0) is 41.5 Å². The molecule has 0 aliphatic rings. The first-order valence-electron chi connectivity index (χ1n) is 16.7. The molecule has 0 bridgehead atoms. The number of hydrogen-bond donors (Lipinski definition) is 0. The zero-order valence-electron chi connectivity index (χ0n) is 26.9. The predicted octanol–water partition coefficient (Wildman–Crippen LogP) is 11.5. The number of para-hydroxylation sites is 2. The molecule has 5 nitrogen and oxygen atoms in total. The van der Waals surface area contributed by atoms with Gasteiger partial charge in [0.25, 0.3) is 0 Å². The molecule has 10 aromatic rings. The van der Waals surface area contributed by atoms with Crippen LogP contribution in [0.25, 0.3) is 94.7 Å². The molecule has 0 saturated heterocycles. The van der Waals surface area contributed by atoms with E-state index >= 15 is 0 Å². The maximum absolute atomic E-state index is 6.80. The summed E-state index contributed by atoms with van der Waals surface area (Å²) in [6.45, 7) is 0. The van der Waals surface area contributed by atoms with E-state index in [0.717, 1.165) is 55.3 Å². The van der Waals surface area contributed by atoms with E-state index in [9.17, 15) is 0 Å². The van der Waals surface area contributed by atoms with Crippen LogP contribution in [0.15, 0.2) is 174 Å². The van der Waals surface area contributed by atoms with Crippen LogP contribution in [0.5, 0.6) is 0 Å². The Hall–Kier alpha value is -6.85. The molecule has 0 N–H and O–H groups in total. The Morgan fingerprint density at radius 1 is 0.400 bits per heavy atom. The highest BCUT2D eigenvalue weighted by atomic mass is 16.3. The lowest BCUT2D eigenvalue weighted by Gasteiger charge is -2.10. The van der Waals surface area contributed by atoms with Crippen LogP contribution in [-0.2, 0) is 0 Å². The average molecular weight is 641 g/mol. The topological polar surface area (TPSA) is 56.7 Å². The summed E-state index contributed by atoms with van der Waals surface area (Å²) in [7, 11) is 0. The molecule has 0 atom stereocenters. The summed E-state index contributed by atoms with van der Waals surface area (Å²) >= 11 is 0. The molecular weight excluding hydrogens is 613 g/mol. The van der Waals surface area contributed by atoms with Gasteiger partial charge in [-0.15, -0.1) is 0 Å². The lowest BCUT2D eigenvalue weighted by Crippen LogP contribution is -2.00. The van der Waals surface area contributed by atoms with Crippen molar-refractivity contribution in [3.8, 4) is 51.0 Å². The first-order valence-corrected chi connectivity index (χ1v) is 16.7. The third-order valence-electron chi connectivity index (χ3n) is 9.46. The average Bonchev–Trinajstić information content (AvgIpc) is 3.74. The Balaban J connectivity index is 1.21. The van der Waals surface area contributed by atoms with Gasteiger partial charge >= 0.3 is 0 Å². The molecule has 0 spiro atoms. The van der Waals surface area contributed by atoms with Gasteiger partial charge in [0, 0.05) is 38.2 Å². The Morgan fingerprint density at radius 2 is 0.980 bits per heavy atom. The van der Waals surface area contributed by atoms with Crippen LogP contribution in [0.3, 0.4) is 0 Å². The lowest BCUT2D eigenvalue weighted by molar-refractivity contribution is 0.666. The van der Waals surface area contributed by atoms with Crippen molar-refractivity contribution in [3.63, 3.8) is 0 Å². The predicted molar refractivity (Wildman–Crippen MR) is 203 cm³/mol. The molecular formula is C45H28N4O. The summed E-state index contributed by atoms with van der Waals surface area (Å²) < 4.78 is 9.13. The van der Waals surface area contributed by atoms with Crippen molar-refractivity contribution in [1.29, 1.82) is 0 Å². The van der Waals surface area contributed by atoms with E-state index in [-0.39, 0.29) is 0 Å². The maximum Gasteiger partial charge on any atom is 0.164 e. The Labute approximate surface area is 287 Å². The first-order chi connectivity index (χ1) is 24.8. The van der Waals surface area contributed by atoms with E-state index in [1.807, 2.05) is 72.8 Å². The van der Waals surface area contributed by atoms with Crippen LogP contribution < -0.4 is 0 Å². The van der Waals surface area contributed by atoms with Crippen LogP contribution in [0.2, 0.25) is 0 Å². The summed E-state index contributed by atoms with van der Waals surface area (Å²) in [6.07, 6.45) is 0. The van der Waals surface area contributed by atoms with Crippen LogP contribution in [0.4, 0.5) is 0 Å². The zero-order chi connectivity index (χ0) is 33.0. The Kier molecular flexibility index (Phi) is 6.42. The van der Waals surface area contributed by atoms with Crippen LogP contribution in [-0.4, -0.2) is 19.5 Å². The maximum atomic E-state index is 6.80. The van der Waals surface area contributed by atoms with Gasteiger partial charge in [-0.1, -0.05) is 140 Å². The van der Waals surface area contributed by atoms with E-state index in [2.05, 4.69) is 102 Å². The normalized spacial score (nSPS) is 11.6. The van der Waals surface area contributed by atoms with Gasteiger partial charge < -0.3 is 8.98 Å². The zero-order valence-corrected chi connectivity index (χ0v) is 26.9. The van der Waals surface area contributed by atoms with Crippen LogP contribution in [0, 0.1) is 0 Å².